The molecule has 2 aromatic rings. The van der Waals surface area contributed by atoms with Gasteiger partial charge in [-0.3, -0.25) is 9.48 Å². The van der Waals surface area contributed by atoms with Gasteiger partial charge >= 0.3 is 0 Å². The van der Waals surface area contributed by atoms with Gasteiger partial charge in [0, 0.05) is 43.0 Å². The highest BCUT2D eigenvalue weighted by atomic mass is 35.5. The van der Waals surface area contributed by atoms with E-state index >= 15 is 0 Å². The number of carbonyl (C=O) groups is 1. The van der Waals surface area contributed by atoms with Crippen LogP contribution in [-0.4, -0.2) is 34.2 Å². The Morgan fingerprint density at radius 3 is 3.05 bits per heavy atom. The number of ether oxygens (including phenoxy) is 1. The minimum atomic E-state index is -0.0607. The van der Waals surface area contributed by atoms with Crippen molar-refractivity contribution in [3.05, 3.63) is 52.3 Å². The molecular weight excluding hydrogens is 302 g/mol. The highest BCUT2D eigenvalue weighted by Crippen LogP contribution is 2.29. The summed E-state index contributed by atoms with van der Waals surface area (Å²) in [6.45, 7) is 0.775. The van der Waals surface area contributed by atoms with Crippen LogP contribution in [0.3, 0.4) is 0 Å². The monoisotopic (exact) mass is 317 g/mol. The Morgan fingerprint density at radius 1 is 1.50 bits per heavy atom. The molecule has 0 saturated carbocycles. The number of amides is 1. The molecule has 0 radical (unpaired) electrons. The number of fused-ring (bicyclic) bond motifs is 1. The summed E-state index contributed by atoms with van der Waals surface area (Å²) < 4.78 is 7.34. The van der Waals surface area contributed by atoms with E-state index in [9.17, 15) is 4.79 Å². The Morgan fingerprint density at radius 2 is 2.32 bits per heavy atom. The molecule has 0 bridgehead atoms. The van der Waals surface area contributed by atoms with Gasteiger partial charge in [-0.25, -0.2) is 0 Å². The summed E-state index contributed by atoms with van der Waals surface area (Å²) in [4.78, 5) is 14.2. The maximum absolute atomic E-state index is 12.5. The summed E-state index contributed by atoms with van der Waals surface area (Å²) in [5.74, 6) is 0.686. The summed E-state index contributed by atoms with van der Waals surface area (Å²) in [5, 5.41) is 4.73. The van der Waals surface area contributed by atoms with E-state index in [0.29, 0.717) is 17.1 Å². The molecule has 0 aliphatic carbocycles. The van der Waals surface area contributed by atoms with Crippen LogP contribution in [0.4, 0.5) is 0 Å². The minimum absolute atomic E-state index is 0.0607. The Balaban J connectivity index is 1.77. The fraction of sp³-hybridized carbons (Fsp3) is 0.250. The van der Waals surface area contributed by atoms with Crippen molar-refractivity contribution < 1.29 is 9.53 Å². The number of likely N-dealkylation sites (N-methyl/N-ethyl adjacent to an activating group) is 1. The second-order valence-corrected chi connectivity index (χ2v) is 5.76. The van der Waals surface area contributed by atoms with Crippen molar-refractivity contribution in [3.8, 4) is 5.75 Å². The molecule has 0 fully saturated rings. The highest BCUT2D eigenvalue weighted by Gasteiger charge is 2.20. The molecule has 0 saturated heterocycles. The zero-order valence-corrected chi connectivity index (χ0v) is 13.2. The predicted octanol–water partition coefficient (Wildman–Crippen LogP) is 2.51. The number of aromatic nitrogens is 2. The molecule has 3 rings (SSSR count). The molecule has 6 heteroatoms. The number of hydrogen-bond acceptors (Lipinski definition) is 3. The van der Waals surface area contributed by atoms with Crippen molar-refractivity contribution in [2.45, 2.75) is 6.54 Å². The van der Waals surface area contributed by atoms with E-state index in [1.54, 1.807) is 35.0 Å². The summed E-state index contributed by atoms with van der Waals surface area (Å²) in [6, 6.07) is 5.38. The fourth-order valence-corrected chi connectivity index (χ4v) is 2.60. The number of halogens is 1. The van der Waals surface area contributed by atoms with Crippen LogP contribution in [0.2, 0.25) is 5.02 Å². The van der Waals surface area contributed by atoms with E-state index in [-0.39, 0.29) is 12.5 Å². The Labute approximate surface area is 133 Å². The Kier molecular flexibility index (Phi) is 3.90. The van der Waals surface area contributed by atoms with Crippen molar-refractivity contribution in [2.75, 3.05) is 13.7 Å². The lowest BCUT2D eigenvalue weighted by molar-refractivity contribution is -0.126. The van der Waals surface area contributed by atoms with Gasteiger partial charge in [-0.1, -0.05) is 11.6 Å². The molecular formula is C16H16ClN3O2. The number of benzene rings is 1. The van der Waals surface area contributed by atoms with Crippen LogP contribution >= 0.6 is 11.6 Å². The van der Waals surface area contributed by atoms with Crippen molar-refractivity contribution in [1.82, 2.24) is 14.7 Å². The summed E-state index contributed by atoms with van der Waals surface area (Å²) in [6.07, 6.45) is 5.49. The second-order valence-electron chi connectivity index (χ2n) is 5.32. The van der Waals surface area contributed by atoms with Crippen molar-refractivity contribution in [3.63, 3.8) is 0 Å². The van der Waals surface area contributed by atoms with Crippen LogP contribution in [0.1, 0.15) is 11.1 Å². The third-order valence-corrected chi connectivity index (χ3v) is 3.72. The van der Waals surface area contributed by atoms with Crippen LogP contribution in [0, 0.1) is 0 Å². The Hall–Kier alpha value is -2.27. The lowest BCUT2D eigenvalue weighted by Gasteiger charge is -2.22. The van der Waals surface area contributed by atoms with E-state index in [1.807, 2.05) is 25.4 Å². The van der Waals surface area contributed by atoms with Gasteiger partial charge in [-0.15, -0.1) is 0 Å². The van der Waals surface area contributed by atoms with Gasteiger partial charge < -0.3 is 9.64 Å². The molecule has 1 amide bonds. The van der Waals surface area contributed by atoms with Crippen LogP contribution in [0.15, 0.2) is 36.2 Å². The first-order valence-electron chi connectivity index (χ1n) is 6.89. The maximum atomic E-state index is 12.5. The van der Waals surface area contributed by atoms with E-state index in [4.69, 9.17) is 16.3 Å². The normalized spacial score (nSPS) is 13.1. The Bertz CT molecular complexity index is 752. The highest BCUT2D eigenvalue weighted by molar-refractivity contribution is 6.30. The number of rotatable bonds is 3. The smallest absolute Gasteiger partial charge is 0.253 e. The van der Waals surface area contributed by atoms with Gasteiger partial charge in [0.15, 0.2) is 0 Å². The first-order chi connectivity index (χ1) is 10.5. The molecule has 0 unspecified atom stereocenters. The third kappa shape index (κ3) is 2.99. The van der Waals surface area contributed by atoms with Crippen LogP contribution in [0.5, 0.6) is 5.75 Å². The largest absolute Gasteiger partial charge is 0.488 e. The quantitative estimate of drug-likeness (QED) is 0.874. The third-order valence-electron chi connectivity index (χ3n) is 3.48. The zero-order valence-electron chi connectivity index (χ0n) is 12.4. The SMILES string of the molecule is CN(Cc1cnn(C)c1)C(=O)C1=Cc2cc(Cl)ccc2OC1. The molecule has 1 aliphatic rings. The van der Waals surface area contributed by atoms with E-state index in [0.717, 1.165) is 16.9 Å². The lowest BCUT2D eigenvalue weighted by atomic mass is 10.1. The standard InChI is InChI=1S/C16H16ClN3O2/c1-19(8-11-7-18-20(2)9-11)16(21)13-5-12-6-14(17)3-4-15(12)22-10-13/h3-7,9H,8,10H2,1-2H3. The summed E-state index contributed by atoms with van der Waals surface area (Å²) >= 11 is 5.99. The molecule has 1 aromatic carbocycles. The molecule has 1 aliphatic heterocycles. The molecule has 0 atom stereocenters. The number of nitrogens with zero attached hydrogens (tertiary/aromatic N) is 3. The van der Waals surface area contributed by atoms with E-state index in [1.165, 1.54) is 0 Å². The number of hydrogen-bond donors (Lipinski definition) is 0. The lowest BCUT2D eigenvalue weighted by Crippen LogP contribution is -2.30. The summed E-state index contributed by atoms with van der Waals surface area (Å²) in [5.41, 5.74) is 2.43. The van der Waals surface area contributed by atoms with Crippen molar-refractivity contribution >= 4 is 23.6 Å². The van der Waals surface area contributed by atoms with Crippen molar-refractivity contribution in [2.24, 2.45) is 7.05 Å². The second kappa shape index (κ2) is 5.85. The van der Waals surface area contributed by atoms with Gasteiger partial charge in [0.2, 0.25) is 0 Å². The van der Waals surface area contributed by atoms with Crippen LogP contribution in [-0.2, 0) is 18.4 Å². The molecule has 2 heterocycles. The van der Waals surface area contributed by atoms with Gasteiger partial charge in [-0.2, -0.15) is 5.10 Å². The molecule has 0 spiro atoms. The molecule has 1 aromatic heterocycles. The number of aryl methyl sites for hydroxylation is 1. The topological polar surface area (TPSA) is 47.4 Å². The first-order valence-corrected chi connectivity index (χ1v) is 7.26. The molecule has 0 N–H and O–H groups in total. The molecule has 114 valence electrons. The average molecular weight is 318 g/mol. The van der Waals surface area contributed by atoms with Crippen LogP contribution < -0.4 is 4.74 Å². The molecule has 22 heavy (non-hydrogen) atoms. The zero-order chi connectivity index (χ0) is 15.7. The van der Waals surface area contributed by atoms with Crippen LogP contribution in [0.25, 0.3) is 6.08 Å². The maximum Gasteiger partial charge on any atom is 0.253 e. The van der Waals surface area contributed by atoms with Gasteiger partial charge in [0.1, 0.15) is 12.4 Å². The van der Waals surface area contributed by atoms with E-state index < -0.39 is 0 Å². The number of carbonyl (C=O) groups excluding carboxylic acids is 1. The molecule has 5 nitrogen and oxygen atoms in total. The van der Waals surface area contributed by atoms with Gasteiger partial charge in [0.05, 0.1) is 11.8 Å². The summed E-state index contributed by atoms with van der Waals surface area (Å²) in [7, 11) is 3.62. The van der Waals surface area contributed by atoms with Crippen molar-refractivity contribution in [1.29, 1.82) is 0 Å². The van der Waals surface area contributed by atoms with Gasteiger partial charge in [0.25, 0.3) is 5.91 Å². The minimum Gasteiger partial charge on any atom is -0.488 e. The van der Waals surface area contributed by atoms with E-state index in [2.05, 4.69) is 5.10 Å². The fourth-order valence-electron chi connectivity index (χ4n) is 2.42. The average Bonchev–Trinajstić information content (AvgIpc) is 2.90. The first kappa shape index (κ1) is 14.7. The predicted molar refractivity (Wildman–Crippen MR) is 84.6 cm³/mol. The van der Waals surface area contributed by atoms with Gasteiger partial charge in [-0.05, 0) is 24.3 Å².